The van der Waals surface area contributed by atoms with Gasteiger partial charge in [-0.25, -0.2) is 0 Å². The summed E-state index contributed by atoms with van der Waals surface area (Å²) in [6.45, 7) is 0. The summed E-state index contributed by atoms with van der Waals surface area (Å²) < 4.78 is 0. The summed E-state index contributed by atoms with van der Waals surface area (Å²) in [5.74, 6) is -0.125. The minimum absolute atomic E-state index is 0.105. The van der Waals surface area contributed by atoms with E-state index in [0.717, 1.165) is 6.07 Å². The highest BCUT2D eigenvalue weighted by atomic mass is 16.3. The Morgan fingerprint density at radius 2 is 1.86 bits per heavy atom. The molecule has 0 aliphatic heterocycles. The van der Waals surface area contributed by atoms with Crippen molar-refractivity contribution in [1.82, 2.24) is 20.6 Å². The normalized spacial score (nSPS) is 11.0. The molecule has 8 heteroatoms. The lowest BCUT2D eigenvalue weighted by atomic mass is 10.2. The lowest BCUT2D eigenvalue weighted by Gasteiger charge is -2.08. The highest BCUT2D eigenvalue weighted by molar-refractivity contribution is 5.70. The third-order valence-corrected chi connectivity index (χ3v) is 2.70. The van der Waals surface area contributed by atoms with Crippen LogP contribution in [-0.4, -0.2) is 25.7 Å². The maximum Gasteiger partial charge on any atom is 0.206 e. The Morgan fingerprint density at radius 3 is 2.62 bits per heavy atom. The SMILES string of the molecule is [O-]c1cc(O)ccc1N=Nc1ccccc1-c1nn[nH]n1. The molecule has 0 saturated carbocycles. The van der Waals surface area contributed by atoms with Crippen LogP contribution in [0.5, 0.6) is 11.5 Å². The predicted octanol–water partition coefficient (Wildman–Crippen LogP) is 2.06. The fraction of sp³-hybridized carbons (Fsp3) is 0. The highest BCUT2D eigenvalue weighted by Crippen LogP contribution is 2.32. The molecular formula is C13H9N6O2-. The van der Waals surface area contributed by atoms with Gasteiger partial charge in [0.15, 0.2) is 0 Å². The van der Waals surface area contributed by atoms with Crippen molar-refractivity contribution in [2.24, 2.45) is 10.2 Å². The Morgan fingerprint density at radius 1 is 1.05 bits per heavy atom. The van der Waals surface area contributed by atoms with E-state index in [2.05, 4.69) is 30.9 Å². The Bertz CT molecular complexity index is 785. The monoisotopic (exact) mass is 281 g/mol. The molecule has 0 amide bonds. The number of nitrogens with one attached hydrogen (secondary N) is 1. The molecule has 2 N–H and O–H groups in total. The van der Waals surface area contributed by atoms with Gasteiger partial charge in [0, 0.05) is 0 Å². The molecule has 0 bridgehead atoms. The van der Waals surface area contributed by atoms with Crippen molar-refractivity contribution < 1.29 is 10.2 Å². The fourth-order valence-corrected chi connectivity index (χ4v) is 1.72. The second-order valence-corrected chi connectivity index (χ2v) is 4.10. The van der Waals surface area contributed by atoms with E-state index < -0.39 is 5.75 Å². The fourth-order valence-electron chi connectivity index (χ4n) is 1.72. The number of azo groups is 1. The van der Waals surface area contributed by atoms with Crippen LogP contribution in [0.25, 0.3) is 11.4 Å². The van der Waals surface area contributed by atoms with Crippen molar-refractivity contribution in [2.75, 3.05) is 0 Å². The molecule has 0 unspecified atom stereocenters. The standard InChI is InChI=1S/C13H10N6O2/c20-8-5-6-11(12(21)7-8)15-14-10-4-2-1-3-9(10)13-16-18-19-17-13/h1-7,20-21H,(H,16,17,18,19)/p-1. The zero-order valence-corrected chi connectivity index (χ0v) is 10.6. The lowest BCUT2D eigenvalue weighted by Crippen LogP contribution is -1.88. The maximum atomic E-state index is 11.6. The van der Waals surface area contributed by atoms with Gasteiger partial charge < -0.3 is 10.2 Å². The van der Waals surface area contributed by atoms with E-state index in [9.17, 15) is 10.2 Å². The summed E-state index contributed by atoms with van der Waals surface area (Å²) in [7, 11) is 0. The quantitative estimate of drug-likeness (QED) is 0.711. The van der Waals surface area contributed by atoms with Crippen molar-refractivity contribution >= 4 is 11.4 Å². The van der Waals surface area contributed by atoms with Gasteiger partial charge >= 0.3 is 0 Å². The number of aromatic nitrogens is 4. The van der Waals surface area contributed by atoms with Crippen LogP contribution >= 0.6 is 0 Å². The zero-order valence-electron chi connectivity index (χ0n) is 10.6. The van der Waals surface area contributed by atoms with E-state index in [4.69, 9.17) is 0 Å². The number of aromatic hydroxyl groups is 1. The molecular weight excluding hydrogens is 272 g/mol. The van der Waals surface area contributed by atoms with E-state index in [-0.39, 0.29) is 11.4 Å². The summed E-state index contributed by atoms with van der Waals surface area (Å²) >= 11 is 0. The highest BCUT2D eigenvalue weighted by Gasteiger charge is 2.08. The molecule has 2 aromatic carbocycles. The first-order chi connectivity index (χ1) is 10.2. The Hall–Kier alpha value is -3.29. The van der Waals surface area contributed by atoms with Crippen molar-refractivity contribution in [1.29, 1.82) is 0 Å². The molecule has 0 aliphatic rings. The van der Waals surface area contributed by atoms with Gasteiger partial charge in [-0.1, -0.05) is 17.9 Å². The molecule has 0 radical (unpaired) electrons. The summed E-state index contributed by atoms with van der Waals surface area (Å²) in [5.41, 5.74) is 1.28. The number of rotatable bonds is 3. The van der Waals surface area contributed by atoms with Gasteiger partial charge in [0.1, 0.15) is 5.75 Å². The number of hydrogen-bond donors (Lipinski definition) is 2. The first-order valence-electron chi connectivity index (χ1n) is 5.98. The van der Waals surface area contributed by atoms with E-state index in [1.165, 1.54) is 12.1 Å². The summed E-state index contributed by atoms with van der Waals surface area (Å²) in [5, 5.41) is 42.4. The van der Waals surface area contributed by atoms with Gasteiger partial charge in [-0.05, 0) is 35.5 Å². The van der Waals surface area contributed by atoms with Crippen LogP contribution in [0, 0.1) is 0 Å². The van der Waals surface area contributed by atoms with Crippen LogP contribution in [0.4, 0.5) is 11.4 Å². The number of benzene rings is 2. The summed E-state index contributed by atoms with van der Waals surface area (Å²) in [6, 6.07) is 10.9. The van der Waals surface area contributed by atoms with Gasteiger partial charge in [0.2, 0.25) is 5.82 Å². The number of tetrazole rings is 1. The molecule has 104 valence electrons. The van der Waals surface area contributed by atoms with E-state index >= 15 is 0 Å². The molecule has 0 spiro atoms. The Kier molecular flexibility index (Phi) is 3.26. The van der Waals surface area contributed by atoms with Crippen molar-refractivity contribution in [3.05, 3.63) is 42.5 Å². The number of phenols is 1. The van der Waals surface area contributed by atoms with Crippen LogP contribution < -0.4 is 5.11 Å². The van der Waals surface area contributed by atoms with Gasteiger partial charge in [-0.3, -0.25) is 0 Å². The number of aromatic amines is 1. The topological polar surface area (TPSA) is 122 Å². The predicted molar refractivity (Wildman–Crippen MR) is 71.3 cm³/mol. The second kappa shape index (κ2) is 5.37. The summed E-state index contributed by atoms with van der Waals surface area (Å²) in [6.07, 6.45) is 0. The van der Waals surface area contributed by atoms with Crippen molar-refractivity contribution in [3.63, 3.8) is 0 Å². The molecule has 8 nitrogen and oxygen atoms in total. The number of phenolic OH excluding ortho intramolecular Hbond substituents is 1. The van der Waals surface area contributed by atoms with E-state index in [0.29, 0.717) is 17.1 Å². The Balaban J connectivity index is 1.97. The molecule has 1 aromatic heterocycles. The van der Waals surface area contributed by atoms with Crippen LogP contribution in [0.2, 0.25) is 0 Å². The molecule has 1 heterocycles. The molecule has 0 atom stereocenters. The third kappa shape index (κ3) is 2.68. The minimum atomic E-state index is -0.407. The maximum absolute atomic E-state index is 11.6. The number of hydrogen-bond acceptors (Lipinski definition) is 7. The van der Waals surface area contributed by atoms with E-state index in [1.807, 2.05) is 6.07 Å². The smallest absolute Gasteiger partial charge is 0.206 e. The van der Waals surface area contributed by atoms with Crippen molar-refractivity contribution in [3.8, 4) is 22.9 Å². The summed E-state index contributed by atoms with van der Waals surface area (Å²) in [4.78, 5) is 0. The molecule has 3 rings (SSSR count). The third-order valence-electron chi connectivity index (χ3n) is 2.70. The van der Waals surface area contributed by atoms with Crippen LogP contribution in [0.15, 0.2) is 52.7 Å². The Labute approximate surface area is 118 Å². The van der Waals surface area contributed by atoms with Crippen molar-refractivity contribution in [2.45, 2.75) is 0 Å². The van der Waals surface area contributed by atoms with Gasteiger partial charge in [0.25, 0.3) is 0 Å². The van der Waals surface area contributed by atoms with Crippen LogP contribution in [0.1, 0.15) is 0 Å². The largest absolute Gasteiger partial charge is 0.871 e. The van der Waals surface area contributed by atoms with Gasteiger partial charge in [-0.15, -0.1) is 15.3 Å². The van der Waals surface area contributed by atoms with Gasteiger partial charge in [0.05, 0.1) is 16.9 Å². The molecule has 3 aromatic rings. The average Bonchev–Trinajstić information content (AvgIpc) is 3.01. The molecule has 21 heavy (non-hydrogen) atoms. The zero-order chi connectivity index (χ0) is 14.7. The average molecular weight is 281 g/mol. The lowest BCUT2D eigenvalue weighted by molar-refractivity contribution is -0.267. The second-order valence-electron chi connectivity index (χ2n) is 4.10. The van der Waals surface area contributed by atoms with Crippen LogP contribution in [0.3, 0.4) is 0 Å². The molecule has 0 fully saturated rings. The molecule has 0 saturated heterocycles. The first-order valence-corrected chi connectivity index (χ1v) is 5.98. The van der Waals surface area contributed by atoms with Crippen LogP contribution in [-0.2, 0) is 0 Å². The number of H-pyrrole nitrogens is 1. The van der Waals surface area contributed by atoms with Gasteiger partial charge in [-0.2, -0.15) is 10.3 Å². The first kappa shape index (κ1) is 12.7. The number of nitrogens with zero attached hydrogens (tertiary/aromatic N) is 5. The minimum Gasteiger partial charge on any atom is -0.871 e. The molecule has 0 aliphatic carbocycles. The van der Waals surface area contributed by atoms with E-state index in [1.54, 1.807) is 18.2 Å².